The molecule has 0 spiro atoms. The van der Waals surface area contributed by atoms with Gasteiger partial charge in [-0.2, -0.15) is 8.42 Å². The predicted octanol–water partition coefficient (Wildman–Crippen LogP) is -0.710. The van der Waals surface area contributed by atoms with Gasteiger partial charge in [-0.1, -0.05) is 0 Å². The van der Waals surface area contributed by atoms with Crippen molar-refractivity contribution >= 4 is 22.1 Å². The number of carbonyl (C=O) groups is 2. The topological polar surface area (TPSA) is 138 Å². The van der Waals surface area contributed by atoms with Gasteiger partial charge in [0.1, 0.15) is 12.5 Å². The van der Waals surface area contributed by atoms with Crippen LogP contribution >= 0.6 is 0 Å². The first-order chi connectivity index (χ1) is 6.79. The fraction of sp³-hybridized carbons (Fsp3) is 0.333. The van der Waals surface area contributed by atoms with Crippen LogP contribution in [0.1, 0.15) is 6.42 Å². The smallest absolute Gasteiger partial charge is 0.332 e. The van der Waals surface area contributed by atoms with Gasteiger partial charge in [-0.3, -0.25) is 14.1 Å². The monoisotopic (exact) mass is 240 g/mol. The second-order valence-electron chi connectivity index (χ2n) is 2.32. The van der Waals surface area contributed by atoms with Crippen molar-refractivity contribution in [2.24, 2.45) is 0 Å². The van der Waals surface area contributed by atoms with Crippen LogP contribution in [0.4, 0.5) is 0 Å². The highest BCUT2D eigenvalue weighted by molar-refractivity contribution is 7.87. The van der Waals surface area contributed by atoms with E-state index in [1.54, 1.807) is 0 Å². The highest BCUT2D eigenvalue weighted by Gasteiger charge is 2.34. The fourth-order valence-corrected chi connectivity index (χ4v) is 1.29. The molecule has 0 aliphatic heterocycles. The number of carboxylic acids is 1. The van der Waals surface area contributed by atoms with Crippen molar-refractivity contribution in [3.8, 4) is 0 Å². The molecule has 0 fully saturated rings. The Morgan fingerprint density at radius 3 is 2.27 bits per heavy atom. The number of carbonyl (C=O) groups excluding carboxylic acids is 1. The molecule has 0 aliphatic carbocycles. The highest BCUT2D eigenvalue weighted by Crippen LogP contribution is 2.07. The van der Waals surface area contributed by atoms with E-state index in [1.807, 2.05) is 0 Å². The third-order valence-corrected chi connectivity index (χ3v) is 2.31. The lowest BCUT2D eigenvalue weighted by molar-refractivity contribution is -0.143. The van der Waals surface area contributed by atoms with Gasteiger partial charge in [-0.15, -0.1) is 0 Å². The number of carboxylic acid groups (broad SMARTS) is 1. The molecule has 0 radical (unpaired) electrons. The summed E-state index contributed by atoms with van der Waals surface area (Å²) >= 11 is 0. The van der Waals surface area contributed by atoms with Crippen LogP contribution in [0.5, 0.6) is 0 Å². The maximum Gasteiger partial charge on any atom is 0.332 e. The van der Waals surface area contributed by atoms with Crippen LogP contribution in [-0.2, 0) is 24.4 Å². The molecule has 0 heterocycles. The van der Waals surface area contributed by atoms with E-state index in [2.05, 4.69) is 4.74 Å². The van der Waals surface area contributed by atoms with E-state index < -0.39 is 33.7 Å². The molecule has 3 N–H and O–H groups in total. The maximum atomic E-state index is 10.9. The van der Waals surface area contributed by atoms with Crippen LogP contribution in [-0.4, -0.2) is 40.4 Å². The van der Waals surface area contributed by atoms with Crippen LogP contribution in [0.15, 0.2) is 12.5 Å². The van der Waals surface area contributed by atoms with E-state index in [0.717, 1.165) is 0 Å². The molecule has 1 atom stereocenters. The third-order valence-electron chi connectivity index (χ3n) is 1.23. The number of aliphatic hydroxyl groups excluding tert-OH is 1. The number of ether oxygens (including phenoxy) is 1. The summed E-state index contributed by atoms with van der Waals surface area (Å²) in [7, 11) is -4.86. The standard InChI is InChI=1S/C6H8O8S/c7-1-2-14-6(10)4(3-5(8)9)15(11,12)13/h1-2,4,7H,3H2,(H,8,9)(H,11,12,13)/b2-1+. The van der Waals surface area contributed by atoms with Crippen molar-refractivity contribution in [2.75, 3.05) is 0 Å². The summed E-state index contributed by atoms with van der Waals surface area (Å²) in [4.78, 5) is 21.1. The number of aliphatic hydroxyl groups is 1. The van der Waals surface area contributed by atoms with Gasteiger partial charge >= 0.3 is 11.9 Å². The van der Waals surface area contributed by atoms with Gasteiger partial charge in [0, 0.05) is 0 Å². The van der Waals surface area contributed by atoms with E-state index in [9.17, 15) is 18.0 Å². The molecule has 8 nitrogen and oxygen atoms in total. The molecule has 0 saturated heterocycles. The summed E-state index contributed by atoms with van der Waals surface area (Å²) in [5.74, 6) is -3.09. The maximum absolute atomic E-state index is 10.9. The third kappa shape index (κ3) is 4.98. The molecular weight excluding hydrogens is 232 g/mol. The fourth-order valence-electron chi connectivity index (χ4n) is 0.642. The summed E-state index contributed by atoms with van der Waals surface area (Å²) in [5.41, 5.74) is 0. The first-order valence-corrected chi connectivity index (χ1v) is 4.97. The Labute approximate surface area is 84.5 Å². The molecule has 0 aromatic heterocycles. The second-order valence-corrected chi connectivity index (χ2v) is 3.92. The Hall–Kier alpha value is -1.61. The van der Waals surface area contributed by atoms with Crippen LogP contribution in [0.2, 0.25) is 0 Å². The largest absolute Gasteiger partial charge is 0.512 e. The number of rotatable bonds is 5. The molecule has 0 saturated carbocycles. The van der Waals surface area contributed by atoms with Gasteiger partial charge in [0.15, 0.2) is 5.25 Å². The van der Waals surface area contributed by atoms with Gasteiger partial charge in [0.25, 0.3) is 10.1 Å². The normalized spacial score (nSPS) is 13.7. The number of hydrogen-bond donors (Lipinski definition) is 3. The SMILES string of the molecule is O=C(O)CC(C(=O)O/C=C/O)S(=O)(=O)O. The van der Waals surface area contributed by atoms with Gasteiger partial charge in [0.2, 0.25) is 0 Å². The number of esters is 1. The lowest BCUT2D eigenvalue weighted by Crippen LogP contribution is -2.33. The Morgan fingerprint density at radius 1 is 1.40 bits per heavy atom. The van der Waals surface area contributed by atoms with Crippen molar-refractivity contribution in [1.29, 1.82) is 0 Å². The van der Waals surface area contributed by atoms with Gasteiger partial charge in [-0.05, 0) is 0 Å². The van der Waals surface area contributed by atoms with Crippen LogP contribution < -0.4 is 0 Å². The van der Waals surface area contributed by atoms with Crippen LogP contribution in [0, 0.1) is 0 Å². The molecule has 0 rings (SSSR count). The van der Waals surface area contributed by atoms with E-state index in [-0.39, 0.29) is 0 Å². The average Bonchev–Trinajstić information content (AvgIpc) is 2.08. The number of aliphatic carboxylic acids is 1. The minimum Gasteiger partial charge on any atom is -0.512 e. The minimum atomic E-state index is -4.86. The minimum absolute atomic E-state index is 0.305. The predicted molar refractivity (Wildman–Crippen MR) is 45.5 cm³/mol. The molecule has 15 heavy (non-hydrogen) atoms. The summed E-state index contributed by atoms with van der Waals surface area (Å²) in [5, 5.41) is 14.1. The van der Waals surface area contributed by atoms with Gasteiger partial charge in [-0.25, -0.2) is 0 Å². The van der Waals surface area contributed by atoms with Crippen molar-refractivity contribution in [3.05, 3.63) is 12.5 Å². The van der Waals surface area contributed by atoms with E-state index in [0.29, 0.717) is 12.5 Å². The Bertz CT molecular complexity index is 367. The van der Waals surface area contributed by atoms with Crippen molar-refractivity contribution in [3.63, 3.8) is 0 Å². The summed E-state index contributed by atoms with van der Waals surface area (Å²) in [6, 6.07) is 0. The van der Waals surface area contributed by atoms with Crippen molar-refractivity contribution in [1.82, 2.24) is 0 Å². The van der Waals surface area contributed by atoms with Crippen LogP contribution in [0.3, 0.4) is 0 Å². The van der Waals surface area contributed by atoms with Gasteiger partial charge in [0.05, 0.1) is 6.42 Å². The summed E-state index contributed by atoms with van der Waals surface area (Å²) < 4.78 is 33.7. The van der Waals surface area contributed by atoms with Crippen LogP contribution in [0.25, 0.3) is 0 Å². The average molecular weight is 240 g/mol. The zero-order valence-corrected chi connectivity index (χ0v) is 8.05. The molecule has 0 aromatic carbocycles. The molecule has 0 amide bonds. The Morgan fingerprint density at radius 2 is 1.93 bits per heavy atom. The summed E-state index contributed by atoms with van der Waals surface area (Å²) in [6.45, 7) is 0. The molecular formula is C6H8O8S. The second kappa shape index (κ2) is 5.32. The highest BCUT2D eigenvalue weighted by atomic mass is 32.2. The molecule has 0 aromatic rings. The first kappa shape index (κ1) is 13.4. The zero-order chi connectivity index (χ0) is 12.1. The zero-order valence-electron chi connectivity index (χ0n) is 7.23. The molecule has 1 unspecified atom stereocenters. The first-order valence-electron chi connectivity index (χ1n) is 3.47. The Kier molecular flexibility index (Phi) is 4.74. The van der Waals surface area contributed by atoms with E-state index in [1.165, 1.54) is 0 Å². The van der Waals surface area contributed by atoms with Gasteiger partial charge < -0.3 is 14.9 Å². The molecule has 86 valence electrons. The molecule has 0 bridgehead atoms. The number of hydrogen-bond acceptors (Lipinski definition) is 6. The lowest BCUT2D eigenvalue weighted by atomic mass is 10.3. The summed E-state index contributed by atoms with van der Waals surface area (Å²) in [6.07, 6.45) is -0.376. The van der Waals surface area contributed by atoms with E-state index >= 15 is 0 Å². The molecule has 0 aliphatic rings. The van der Waals surface area contributed by atoms with E-state index in [4.69, 9.17) is 14.8 Å². The lowest BCUT2D eigenvalue weighted by Gasteiger charge is -2.08. The quantitative estimate of drug-likeness (QED) is 0.325. The van der Waals surface area contributed by atoms with Crippen molar-refractivity contribution < 1.29 is 37.5 Å². The Balaban J connectivity index is 4.79. The molecule has 9 heteroatoms. The van der Waals surface area contributed by atoms with Crippen molar-refractivity contribution in [2.45, 2.75) is 11.7 Å².